The van der Waals surface area contributed by atoms with Gasteiger partial charge in [0, 0.05) is 12.5 Å². The number of nitrogens with one attached hydrogen (secondary N) is 1. The second kappa shape index (κ2) is 11.0. The maximum atomic E-state index is 13.1. The molecule has 8 nitrogen and oxygen atoms in total. The number of allylic oxidation sites excluding steroid dienone is 1. The van der Waals surface area contributed by atoms with Crippen LogP contribution in [0.25, 0.3) is 0 Å². The summed E-state index contributed by atoms with van der Waals surface area (Å²) in [6.45, 7) is 8.77. The fraction of sp³-hybridized carbons (Fsp3) is 0.333. The molecule has 2 aromatic carbocycles. The molecule has 184 valence electrons. The molecule has 0 bridgehead atoms. The topological polar surface area (TPSA) is 102 Å². The molecule has 3 rings (SSSR count). The van der Waals surface area contributed by atoms with Crippen LogP contribution in [0.1, 0.15) is 53.5 Å². The van der Waals surface area contributed by atoms with Crippen LogP contribution in [0.15, 0.2) is 67.3 Å². The van der Waals surface area contributed by atoms with Crippen LogP contribution in [0.2, 0.25) is 0 Å². The maximum Gasteiger partial charge on any atom is 0.408 e. The van der Waals surface area contributed by atoms with Crippen molar-refractivity contribution in [1.29, 1.82) is 0 Å². The Balaban J connectivity index is 1.80. The molecule has 3 amide bonds. The van der Waals surface area contributed by atoms with Crippen molar-refractivity contribution >= 4 is 23.9 Å². The summed E-state index contributed by atoms with van der Waals surface area (Å²) in [4.78, 5) is 52.7. The zero-order valence-corrected chi connectivity index (χ0v) is 20.2. The van der Waals surface area contributed by atoms with Crippen molar-refractivity contribution in [2.45, 2.75) is 45.4 Å². The number of alkyl carbamates (subject to hydrolysis) is 1. The van der Waals surface area contributed by atoms with E-state index in [4.69, 9.17) is 9.47 Å². The highest BCUT2D eigenvalue weighted by Crippen LogP contribution is 2.26. The number of ether oxygens (including phenoxy) is 2. The number of fused-ring (bicyclic) bond motifs is 1. The van der Waals surface area contributed by atoms with Crippen molar-refractivity contribution < 1.29 is 28.7 Å². The van der Waals surface area contributed by atoms with E-state index in [2.05, 4.69) is 11.9 Å². The molecule has 0 radical (unpaired) electrons. The third kappa shape index (κ3) is 6.56. The molecule has 2 aromatic rings. The fourth-order valence-corrected chi connectivity index (χ4v) is 3.80. The van der Waals surface area contributed by atoms with Gasteiger partial charge in [-0.2, -0.15) is 0 Å². The number of imide groups is 1. The molecular formula is C27H30N2O6. The standard InChI is InChI=1S/C27H30N2O6/c1-5-11-19(16-29-23(30)20-14-9-10-15-21(20)24(29)31)22(25(32)35-27(2,3)4)28-26(33)34-17-18-12-7-6-8-13-18/h5-10,12-15,19,22H,1,11,16-17H2,2-4H3,(H,28,33)/t19-,22-/m0/s1. The van der Waals surface area contributed by atoms with Gasteiger partial charge in [-0.15, -0.1) is 6.58 Å². The second-order valence-corrected chi connectivity index (χ2v) is 9.27. The Kier molecular flexibility index (Phi) is 8.06. The van der Waals surface area contributed by atoms with Gasteiger partial charge in [0.25, 0.3) is 11.8 Å². The second-order valence-electron chi connectivity index (χ2n) is 9.27. The lowest BCUT2D eigenvalue weighted by Gasteiger charge is -2.31. The van der Waals surface area contributed by atoms with Crippen LogP contribution in [0.3, 0.4) is 0 Å². The van der Waals surface area contributed by atoms with E-state index in [0.29, 0.717) is 11.1 Å². The zero-order valence-electron chi connectivity index (χ0n) is 20.2. The molecule has 35 heavy (non-hydrogen) atoms. The Morgan fingerprint density at radius 1 is 1.00 bits per heavy atom. The predicted octanol–water partition coefficient (Wildman–Crippen LogP) is 4.11. The highest BCUT2D eigenvalue weighted by molar-refractivity contribution is 6.21. The van der Waals surface area contributed by atoms with Crippen molar-refractivity contribution in [3.8, 4) is 0 Å². The summed E-state index contributed by atoms with van der Waals surface area (Å²) in [5, 5.41) is 2.59. The number of hydrogen-bond acceptors (Lipinski definition) is 6. The Morgan fingerprint density at radius 3 is 2.11 bits per heavy atom. The number of rotatable bonds is 9. The van der Waals surface area contributed by atoms with Crippen LogP contribution in [0, 0.1) is 5.92 Å². The molecule has 0 spiro atoms. The van der Waals surface area contributed by atoms with Gasteiger partial charge in [0.05, 0.1) is 11.1 Å². The molecule has 0 aromatic heterocycles. The molecule has 0 saturated heterocycles. The summed E-state index contributed by atoms with van der Waals surface area (Å²) in [6.07, 6.45) is 0.981. The molecule has 1 aliphatic rings. The maximum absolute atomic E-state index is 13.1. The van der Waals surface area contributed by atoms with E-state index in [1.54, 1.807) is 63.2 Å². The minimum absolute atomic E-state index is 0.0121. The minimum Gasteiger partial charge on any atom is -0.458 e. The first-order valence-electron chi connectivity index (χ1n) is 11.4. The molecule has 1 N–H and O–H groups in total. The quantitative estimate of drug-likeness (QED) is 0.331. The molecule has 8 heteroatoms. The Morgan fingerprint density at radius 2 is 1.57 bits per heavy atom. The first-order chi connectivity index (χ1) is 16.6. The first-order valence-corrected chi connectivity index (χ1v) is 11.4. The van der Waals surface area contributed by atoms with Crippen LogP contribution in [-0.4, -0.2) is 47.0 Å². The molecule has 0 unspecified atom stereocenters. The van der Waals surface area contributed by atoms with Gasteiger partial charge in [-0.3, -0.25) is 14.5 Å². The molecule has 2 atom stereocenters. The first kappa shape index (κ1) is 25.7. The summed E-state index contributed by atoms with van der Waals surface area (Å²) in [7, 11) is 0. The number of amides is 3. The molecule has 0 saturated carbocycles. The summed E-state index contributed by atoms with van der Waals surface area (Å²) in [5.74, 6) is -2.28. The highest BCUT2D eigenvalue weighted by atomic mass is 16.6. The summed E-state index contributed by atoms with van der Waals surface area (Å²) in [5.41, 5.74) is 0.571. The smallest absolute Gasteiger partial charge is 0.408 e. The van der Waals surface area contributed by atoms with Gasteiger partial charge in [0.1, 0.15) is 18.2 Å². The van der Waals surface area contributed by atoms with Gasteiger partial charge in [0.2, 0.25) is 0 Å². The van der Waals surface area contributed by atoms with E-state index < -0.39 is 41.4 Å². The van der Waals surface area contributed by atoms with Crippen molar-refractivity contribution in [2.24, 2.45) is 5.92 Å². The van der Waals surface area contributed by atoms with Crippen molar-refractivity contribution in [1.82, 2.24) is 10.2 Å². The number of benzene rings is 2. The normalized spacial score (nSPS) is 14.7. The van der Waals surface area contributed by atoms with Gasteiger partial charge in [0.15, 0.2) is 0 Å². The number of nitrogens with zero attached hydrogens (tertiary/aromatic N) is 1. The lowest BCUT2D eigenvalue weighted by molar-refractivity contribution is -0.159. The largest absolute Gasteiger partial charge is 0.458 e. The van der Waals surface area contributed by atoms with Crippen molar-refractivity contribution in [2.75, 3.05) is 6.54 Å². The summed E-state index contributed by atoms with van der Waals surface area (Å²) < 4.78 is 10.8. The lowest BCUT2D eigenvalue weighted by atomic mass is 9.95. The van der Waals surface area contributed by atoms with E-state index in [9.17, 15) is 19.2 Å². The molecule has 0 aliphatic carbocycles. The molecule has 1 heterocycles. The highest BCUT2D eigenvalue weighted by Gasteiger charge is 2.40. The average molecular weight is 479 g/mol. The van der Waals surface area contributed by atoms with Gasteiger partial charge in [-0.05, 0) is 44.9 Å². The number of carbonyl (C=O) groups excluding carboxylic acids is 4. The third-order valence-electron chi connectivity index (χ3n) is 5.38. The van der Waals surface area contributed by atoms with Crippen LogP contribution in [0.5, 0.6) is 0 Å². The van der Waals surface area contributed by atoms with Crippen molar-refractivity contribution in [3.05, 3.63) is 83.9 Å². The van der Waals surface area contributed by atoms with Crippen LogP contribution in [0.4, 0.5) is 4.79 Å². The zero-order chi connectivity index (χ0) is 25.6. The number of hydrogen-bond donors (Lipinski definition) is 1. The van der Waals surface area contributed by atoms with Gasteiger partial charge in [-0.1, -0.05) is 48.5 Å². The average Bonchev–Trinajstić information content (AvgIpc) is 3.05. The molecule has 0 fully saturated rings. The van der Waals surface area contributed by atoms with Crippen molar-refractivity contribution in [3.63, 3.8) is 0 Å². The van der Waals surface area contributed by atoms with E-state index in [1.165, 1.54) is 0 Å². The Labute approximate surface area is 204 Å². The Hall–Kier alpha value is -3.94. The van der Waals surface area contributed by atoms with Gasteiger partial charge >= 0.3 is 12.1 Å². The fourth-order valence-electron chi connectivity index (χ4n) is 3.80. The molecule has 1 aliphatic heterocycles. The van der Waals surface area contributed by atoms with E-state index in [1.807, 2.05) is 18.2 Å². The SMILES string of the molecule is C=CC[C@@H](CN1C(=O)c2ccccc2C1=O)[C@H](NC(=O)OCc1ccccc1)C(=O)OC(C)(C)C. The van der Waals surface area contributed by atoms with Crippen LogP contribution < -0.4 is 5.32 Å². The predicted molar refractivity (Wildman–Crippen MR) is 130 cm³/mol. The van der Waals surface area contributed by atoms with Crippen LogP contribution >= 0.6 is 0 Å². The van der Waals surface area contributed by atoms with E-state index in [0.717, 1.165) is 10.5 Å². The van der Waals surface area contributed by atoms with E-state index in [-0.39, 0.29) is 19.6 Å². The Bertz CT molecular complexity index is 1070. The summed E-state index contributed by atoms with van der Waals surface area (Å²) >= 11 is 0. The monoisotopic (exact) mass is 478 g/mol. The lowest BCUT2D eigenvalue weighted by Crippen LogP contribution is -2.52. The minimum atomic E-state index is -1.18. The summed E-state index contributed by atoms with van der Waals surface area (Å²) in [6, 6.07) is 14.5. The third-order valence-corrected chi connectivity index (χ3v) is 5.38. The van der Waals surface area contributed by atoms with Gasteiger partial charge in [-0.25, -0.2) is 9.59 Å². The van der Waals surface area contributed by atoms with E-state index >= 15 is 0 Å². The van der Waals surface area contributed by atoms with Crippen LogP contribution in [-0.2, 0) is 20.9 Å². The number of esters is 1. The molecular weight excluding hydrogens is 448 g/mol. The number of carbonyl (C=O) groups is 4. The van der Waals surface area contributed by atoms with Gasteiger partial charge < -0.3 is 14.8 Å².